The van der Waals surface area contributed by atoms with E-state index < -0.39 is 72.6 Å². The minimum Gasteiger partial charge on any atom is -0.481 e. The highest BCUT2D eigenvalue weighted by Crippen LogP contribution is 2.19. The molecule has 4 atom stereocenters. The number of carbonyl (C=O) groups is 6. The Morgan fingerprint density at radius 1 is 0.833 bits per heavy atom. The lowest BCUT2D eigenvalue weighted by Gasteiger charge is -2.24. The number of para-hydroxylation sites is 1. The van der Waals surface area contributed by atoms with Crippen molar-refractivity contribution >= 4 is 46.5 Å². The summed E-state index contributed by atoms with van der Waals surface area (Å²) in [5.41, 5.74) is 7.47. The summed E-state index contributed by atoms with van der Waals surface area (Å²) in [5, 5.41) is 35.6. The lowest BCUT2D eigenvalue weighted by atomic mass is 10.0. The number of hydrogen-bond acceptors (Lipinski definition) is 8. The number of nitrogens with two attached hydrogens (primary N) is 1. The number of aliphatic carboxylic acids is 3. The van der Waals surface area contributed by atoms with Crippen LogP contribution in [0.1, 0.15) is 30.5 Å². The summed E-state index contributed by atoms with van der Waals surface area (Å²) in [5.74, 6) is -6.87. The molecule has 4 unspecified atom stereocenters. The Morgan fingerprint density at radius 2 is 1.50 bits per heavy atom. The van der Waals surface area contributed by atoms with Crippen LogP contribution in [0.5, 0.6) is 0 Å². The Bertz CT molecular complexity index is 1440. The highest BCUT2D eigenvalue weighted by atomic mass is 16.4. The van der Waals surface area contributed by atoms with E-state index in [0.29, 0.717) is 11.3 Å². The summed E-state index contributed by atoms with van der Waals surface area (Å²) in [4.78, 5) is 82.9. The number of fused-ring (bicyclic) bond motifs is 1. The van der Waals surface area contributed by atoms with E-state index in [2.05, 4.69) is 30.9 Å². The number of nitrogens with zero attached hydrogens (tertiary/aromatic N) is 1. The first-order valence-corrected chi connectivity index (χ1v) is 12.8. The van der Waals surface area contributed by atoms with Crippen molar-refractivity contribution in [1.82, 2.24) is 30.9 Å². The van der Waals surface area contributed by atoms with Crippen molar-refractivity contribution < 1.29 is 44.1 Å². The van der Waals surface area contributed by atoms with Crippen LogP contribution in [0.15, 0.2) is 43.0 Å². The van der Waals surface area contributed by atoms with Gasteiger partial charge in [-0.05, 0) is 18.1 Å². The number of imidazole rings is 1. The van der Waals surface area contributed by atoms with Crippen LogP contribution in [-0.2, 0) is 41.6 Å². The molecule has 0 radical (unpaired) electrons. The van der Waals surface area contributed by atoms with Gasteiger partial charge in [0.15, 0.2) is 0 Å². The van der Waals surface area contributed by atoms with Gasteiger partial charge in [-0.1, -0.05) is 18.2 Å². The third-order valence-electron chi connectivity index (χ3n) is 6.34. The highest BCUT2D eigenvalue weighted by molar-refractivity contribution is 5.96. The molecular weight excluding hydrogens is 554 g/mol. The van der Waals surface area contributed by atoms with Crippen LogP contribution >= 0.6 is 0 Å². The molecular formula is C26H31N7O9. The van der Waals surface area contributed by atoms with Gasteiger partial charge in [0.1, 0.15) is 18.1 Å². The molecule has 42 heavy (non-hydrogen) atoms. The van der Waals surface area contributed by atoms with Crippen LogP contribution < -0.4 is 21.7 Å². The van der Waals surface area contributed by atoms with Gasteiger partial charge in [0.25, 0.3) is 0 Å². The Balaban J connectivity index is 1.84. The Hall–Kier alpha value is -5.25. The molecule has 16 nitrogen and oxygen atoms in total. The van der Waals surface area contributed by atoms with Gasteiger partial charge in [0, 0.05) is 48.3 Å². The molecule has 2 heterocycles. The maximum absolute atomic E-state index is 13.4. The number of nitrogens with one attached hydrogen (secondary N) is 5. The fraction of sp³-hybridized carbons (Fsp3) is 0.346. The largest absolute Gasteiger partial charge is 0.481 e. The number of rotatable bonds is 16. The van der Waals surface area contributed by atoms with Gasteiger partial charge >= 0.3 is 17.9 Å². The zero-order valence-corrected chi connectivity index (χ0v) is 22.2. The van der Waals surface area contributed by atoms with Gasteiger partial charge in [-0.25, -0.2) is 9.78 Å². The number of hydrogen-bond donors (Lipinski definition) is 9. The number of carboxylic acids is 3. The minimum absolute atomic E-state index is 0.121. The van der Waals surface area contributed by atoms with Gasteiger partial charge in [0.05, 0.1) is 18.8 Å². The topological polar surface area (TPSA) is 270 Å². The fourth-order valence-electron chi connectivity index (χ4n) is 4.16. The van der Waals surface area contributed by atoms with Crippen molar-refractivity contribution in [2.45, 2.75) is 56.3 Å². The summed E-state index contributed by atoms with van der Waals surface area (Å²) >= 11 is 0. The molecule has 0 spiro atoms. The average molecular weight is 586 g/mol. The van der Waals surface area contributed by atoms with E-state index in [4.69, 9.17) is 10.8 Å². The second kappa shape index (κ2) is 14.4. The summed E-state index contributed by atoms with van der Waals surface area (Å²) in [6.45, 7) is 0. The van der Waals surface area contributed by atoms with Crippen molar-refractivity contribution in [3.8, 4) is 0 Å². The Morgan fingerprint density at radius 3 is 2.14 bits per heavy atom. The van der Waals surface area contributed by atoms with Gasteiger partial charge in [-0.3, -0.25) is 24.0 Å². The number of amides is 3. The number of carbonyl (C=O) groups excluding carboxylic acids is 3. The van der Waals surface area contributed by atoms with Gasteiger partial charge < -0.3 is 47.0 Å². The Labute approximate surface area is 238 Å². The lowest BCUT2D eigenvalue weighted by molar-refractivity contribution is -0.143. The number of H-pyrrole nitrogens is 2. The maximum Gasteiger partial charge on any atom is 0.326 e. The van der Waals surface area contributed by atoms with Crippen LogP contribution in [0, 0.1) is 0 Å². The number of aromatic amines is 2. The van der Waals surface area contributed by atoms with Crippen molar-refractivity contribution in [3.63, 3.8) is 0 Å². The van der Waals surface area contributed by atoms with Crippen molar-refractivity contribution in [2.75, 3.05) is 0 Å². The zero-order chi connectivity index (χ0) is 30.8. The molecule has 0 aliphatic rings. The minimum atomic E-state index is -1.68. The first-order valence-electron chi connectivity index (χ1n) is 12.8. The van der Waals surface area contributed by atoms with Crippen LogP contribution in [0.3, 0.4) is 0 Å². The molecule has 0 saturated heterocycles. The van der Waals surface area contributed by atoms with Crippen LogP contribution in [-0.4, -0.2) is 90.1 Å². The predicted octanol–water partition coefficient (Wildman–Crippen LogP) is -1.12. The molecule has 10 N–H and O–H groups in total. The molecule has 2 aromatic heterocycles. The second-order valence-electron chi connectivity index (χ2n) is 9.50. The lowest BCUT2D eigenvalue weighted by Crippen LogP contribution is -2.58. The van der Waals surface area contributed by atoms with Crippen molar-refractivity contribution in [1.29, 1.82) is 0 Å². The molecule has 0 saturated carbocycles. The third-order valence-corrected chi connectivity index (χ3v) is 6.34. The molecule has 3 amide bonds. The number of aromatic nitrogens is 3. The van der Waals surface area contributed by atoms with E-state index in [1.165, 1.54) is 12.5 Å². The van der Waals surface area contributed by atoms with E-state index >= 15 is 0 Å². The van der Waals surface area contributed by atoms with Gasteiger partial charge in [-0.15, -0.1) is 0 Å². The predicted molar refractivity (Wildman–Crippen MR) is 145 cm³/mol. The standard InChI is InChI=1S/C26H31N7O9/c27-16(5-6-21(34)35)23(38)31-19(9-22(36)37)25(40)32-18(7-13-10-29-17-4-2-1-3-15(13)17)24(39)33-20(26(41)42)8-14-11-28-12-30-14/h1-4,10-12,16,18-20,29H,5-9,27H2,(H,28,30)(H,31,38)(H,32,40)(H,33,39)(H,34,35)(H,36,37)(H,41,42). The van der Waals surface area contributed by atoms with Gasteiger partial charge in [0.2, 0.25) is 17.7 Å². The molecule has 0 aliphatic heterocycles. The van der Waals surface area contributed by atoms with E-state index in [0.717, 1.165) is 10.9 Å². The molecule has 3 rings (SSSR count). The van der Waals surface area contributed by atoms with E-state index in [-0.39, 0.29) is 19.3 Å². The smallest absolute Gasteiger partial charge is 0.326 e. The van der Waals surface area contributed by atoms with Crippen LogP contribution in [0.4, 0.5) is 0 Å². The molecule has 3 aromatic rings. The highest BCUT2D eigenvalue weighted by Gasteiger charge is 2.32. The van der Waals surface area contributed by atoms with E-state index in [9.17, 15) is 39.0 Å². The second-order valence-corrected chi connectivity index (χ2v) is 9.50. The molecule has 1 aromatic carbocycles. The normalized spacial score (nSPS) is 13.8. The third kappa shape index (κ3) is 8.88. The first-order chi connectivity index (χ1) is 19.9. The summed E-state index contributed by atoms with van der Waals surface area (Å²) in [6, 6.07) is 1.33. The summed E-state index contributed by atoms with van der Waals surface area (Å²) in [7, 11) is 0. The van der Waals surface area contributed by atoms with Crippen molar-refractivity contribution in [2.24, 2.45) is 5.73 Å². The Kier molecular flexibility index (Phi) is 10.7. The van der Waals surface area contributed by atoms with E-state index in [1.54, 1.807) is 30.5 Å². The van der Waals surface area contributed by atoms with Crippen LogP contribution in [0.2, 0.25) is 0 Å². The quantitative estimate of drug-likeness (QED) is 0.0971. The summed E-state index contributed by atoms with van der Waals surface area (Å²) in [6.07, 6.45) is 2.54. The maximum atomic E-state index is 13.4. The van der Waals surface area contributed by atoms with E-state index in [1.807, 2.05) is 0 Å². The van der Waals surface area contributed by atoms with Crippen molar-refractivity contribution in [3.05, 3.63) is 54.2 Å². The number of benzene rings is 1. The SMILES string of the molecule is NC(CCC(=O)O)C(=O)NC(CC(=O)O)C(=O)NC(Cc1c[nH]c2ccccc12)C(=O)NC(Cc1cnc[nH]1)C(=O)O. The molecule has 16 heteroatoms. The zero-order valence-electron chi connectivity index (χ0n) is 22.2. The molecule has 0 fully saturated rings. The number of carboxylic acid groups (broad SMARTS) is 3. The first kappa shape index (κ1) is 31.3. The fourth-order valence-corrected chi connectivity index (χ4v) is 4.16. The molecule has 224 valence electrons. The molecule has 0 bridgehead atoms. The summed E-state index contributed by atoms with van der Waals surface area (Å²) < 4.78 is 0. The molecule has 0 aliphatic carbocycles. The monoisotopic (exact) mass is 585 g/mol. The van der Waals surface area contributed by atoms with Crippen LogP contribution in [0.25, 0.3) is 10.9 Å². The average Bonchev–Trinajstić information content (AvgIpc) is 3.60. The van der Waals surface area contributed by atoms with Gasteiger partial charge in [-0.2, -0.15) is 0 Å².